The zero-order valence-electron chi connectivity index (χ0n) is 11.8. The number of halogens is 1. The summed E-state index contributed by atoms with van der Waals surface area (Å²) in [7, 11) is 3.70. The Bertz CT molecular complexity index is 495. The molecule has 8 heteroatoms. The van der Waals surface area contributed by atoms with Crippen molar-refractivity contribution in [2.24, 2.45) is 16.7 Å². The number of hydrogen-bond donors (Lipinski definition) is 2. The molecule has 0 radical (unpaired) electrons. The Labute approximate surface area is 123 Å². The summed E-state index contributed by atoms with van der Waals surface area (Å²) in [5, 5.41) is 5.65. The van der Waals surface area contributed by atoms with E-state index in [9.17, 15) is 0 Å². The smallest absolute Gasteiger partial charge is 0.153 e. The molecule has 20 heavy (non-hydrogen) atoms. The molecule has 1 aliphatic heterocycles. The molecule has 0 atom stereocenters. The number of amidine groups is 1. The Hall–Kier alpha value is -1.57. The van der Waals surface area contributed by atoms with Crippen LogP contribution in [0.15, 0.2) is 17.4 Å². The largest absolute Gasteiger partial charge is 0.382 e. The Balaban J connectivity index is 2.18. The van der Waals surface area contributed by atoms with Gasteiger partial charge in [0.1, 0.15) is 5.82 Å². The normalized spacial score (nSPS) is 17.4. The summed E-state index contributed by atoms with van der Waals surface area (Å²) in [6.07, 6.45) is 1.67. The van der Waals surface area contributed by atoms with Crippen molar-refractivity contribution in [2.45, 2.75) is 0 Å². The number of hydrazine groups is 1. The van der Waals surface area contributed by atoms with E-state index in [4.69, 9.17) is 23.2 Å². The average molecular weight is 298 g/mol. The molecular weight excluding hydrogens is 278 g/mol. The second-order valence-corrected chi connectivity index (χ2v) is 5.29. The second kappa shape index (κ2) is 6.25. The standard InChI is InChI=1S/C12H20ClN7/c1-18-3-5-20(6-4-18)12-10(13)7-9(8-16-12)11(14)17-19(2)15/h7-8H,3-6,15H2,1-2H3,(H2,14,17). The van der Waals surface area contributed by atoms with E-state index in [-0.39, 0.29) is 5.84 Å². The summed E-state index contributed by atoms with van der Waals surface area (Å²) in [5.74, 6) is 6.50. The van der Waals surface area contributed by atoms with Gasteiger partial charge in [-0.2, -0.15) is 0 Å². The van der Waals surface area contributed by atoms with Crippen molar-refractivity contribution in [3.63, 3.8) is 0 Å². The van der Waals surface area contributed by atoms with Gasteiger partial charge in [-0.25, -0.2) is 15.9 Å². The van der Waals surface area contributed by atoms with Crippen molar-refractivity contribution in [2.75, 3.05) is 45.2 Å². The van der Waals surface area contributed by atoms with Gasteiger partial charge in [0.25, 0.3) is 0 Å². The van der Waals surface area contributed by atoms with Gasteiger partial charge in [0.2, 0.25) is 0 Å². The number of likely N-dealkylation sites (N-methyl/N-ethyl adjacent to an activating group) is 1. The van der Waals surface area contributed by atoms with Gasteiger partial charge >= 0.3 is 0 Å². The first kappa shape index (κ1) is 14.8. The van der Waals surface area contributed by atoms with Crippen LogP contribution in [0.2, 0.25) is 5.02 Å². The van der Waals surface area contributed by atoms with Crippen molar-refractivity contribution in [3.05, 3.63) is 22.8 Å². The molecule has 0 aliphatic carbocycles. The molecule has 110 valence electrons. The SMILES string of the molecule is CN1CCN(c2ncc(/C(N)=N/N(C)N)cc2Cl)CC1. The van der Waals surface area contributed by atoms with Gasteiger partial charge in [0.05, 0.1) is 5.02 Å². The zero-order chi connectivity index (χ0) is 14.7. The lowest BCUT2D eigenvalue weighted by molar-refractivity contribution is 0.312. The van der Waals surface area contributed by atoms with E-state index in [1.807, 2.05) is 0 Å². The molecule has 0 amide bonds. The van der Waals surface area contributed by atoms with Crippen LogP contribution in [0.4, 0.5) is 5.82 Å². The summed E-state index contributed by atoms with van der Waals surface area (Å²) in [6.45, 7) is 3.83. The summed E-state index contributed by atoms with van der Waals surface area (Å²) < 4.78 is 0. The highest BCUT2D eigenvalue weighted by atomic mass is 35.5. The molecular formula is C12H20ClN7. The van der Waals surface area contributed by atoms with Crippen LogP contribution < -0.4 is 16.5 Å². The van der Waals surface area contributed by atoms with E-state index in [0.717, 1.165) is 37.1 Å². The molecule has 0 spiro atoms. The minimum absolute atomic E-state index is 0.286. The van der Waals surface area contributed by atoms with E-state index in [1.54, 1.807) is 19.3 Å². The summed E-state index contributed by atoms with van der Waals surface area (Å²) in [6, 6.07) is 1.77. The summed E-state index contributed by atoms with van der Waals surface area (Å²) in [4.78, 5) is 8.86. The van der Waals surface area contributed by atoms with Crippen LogP contribution in [0.1, 0.15) is 5.56 Å². The molecule has 7 nitrogen and oxygen atoms in total. The van der Waals surface area contributed by atoms with Crippen molar-refractivity contribution in [1.29, 1.82) is 0 Å². The van der Waals surface area contributed by atoms with Crippen molar-refractivity contribution in [3.8, 4) is 0 Å². The van der Waals surface area contributed by atoms with Crippen LogP contribution in [0.3, 0.4) is 0 Å². The molecule has 4 N–H and O–H groups in total. The van der Waals surface area contributed by atoms with E-state index >= 15 is 0 Å². The Morgan fingerprint density at radius 2 is 2.05 bits per heavy atom. The van der Waals surface area contributed by atoms with Crippen LogP contribution in [-0.2, 0) is 0 Å². The fourth-order valence-electron chi connectivity index (χ4n) is 2.05. The minimum Gasteiger partial charge on any atom is -0.382 e. The lowest BCUT2D eigenvalue weighted by Crippen LogP contribution is -2.45. The lowest BCUT2D eigenvalue weighted by atomic mass is 10.2. The molecule has 1 fully saturated rings. The molecule has 1 saturated heterocycles. The predicted molar refractivity (Wildman–Crippen MR) is 81.6 cm³/mol. The fourth-order valence-corrected chi connectivity index (χ4v) is 2.34. The monoisotopic (exact) mass is 297 g/mol. The van der Waals surface area contributed by atoms with E-state index < -0.39 is 0 Å². The Morgan fingerprint density at radius 1 is 1.40 bits per heavy atom. The number of anilines is 1. The molecule has 0 bridgehead atoms. The predicted octanol–water partition coefficient (Wildman–Crippen LogP) is -0.0874. The van der Waals surface area contributed by atoms with E-state index in [0.29, 0.717) is 10.6 Å². The van der Waals surface area contributed by atoms with Gasteiger partial charge in [-0.1, -0.05) is 11.6 Å². The first-order valence-corrected chi connectivity index (χ1v) is 6.77. The van der Waals surface area contributed by atoms with Gasteiger partial charge in [-0.05, 0) is 13.1 Å². The van der Waals surface area contributed by atoms with Gasteiger partial charge in [-0.15, -0.1) is 5.10 Å². The van der Waals surface area contributed by atoms with Crippen LogP contribution in [0.5, 0.6) is 0 Å². The molecule has 2 rings (SSSR count). The average Bonchev–Trinajstić information content (AvgIpc) is 2.39. The molecule has 2 heterocycles. The maximum atomic E-state index is 6.31. The van der Waals surface area contributed by atoms with Crippen molar-refractivity contribution >= 4 is 23.3 Å². The van der Waals surface area contributed by atoms with Crippen LogP contribution in [0.25, 0.3) is 0 Å². The van der Waals surface area contributed by atoms with Gasteiger partial charge < -0.3 is 15.5 Å². The lowest BCUT2D eigenvalue weighted by Gasteiger charge is -2.33. The number of aromatic nitrogens is 1. The number of rotatable bonds is 3. The van der Waals surface area contributed by atoms with Gasteiger partial charge in [-0.3, -0.25) is 0 Å². The third-order valence-electron chi connectivity index (χ3n) is 3.19. The molecule has 0 unspecified atom stereocenters. The molecule has 0 saturated carbocycles. The number of pyridine rings is 1. The minimum atomic E-state index is 0.286. The highest BCUT2D eigenvalue weighted by molar-refractivity contribution is 6.33. The third kappa shape index (κ3) is 3.50. The zero-order valence-corrected chi connectivity index (χ0v) is 12.5. The molecule has 0 aromatic carbocycles. The topological polar surface area (TPSA) is 87.0 Å². The first-order chi connectivity index (χ1) is 9.47. The molecule has 1 aliphatic rings. The number of hydrogen-bond acceptors (Lipinski definition) is 6. The van der Waals surface area contributed by atoms with Crippen molar-refractivity contribution < 1.29 is 0 Å². The number of piperazine rings is 1. The first-order valence-electron chi connectivity index (χ1n) is 6.39. The van der Waals surface area contributed by atoms with Crippen molar-refractivity contribution in [1.82, 2.24) is 15.0 Å². The molecule has 1 aromatic rings. The number of nitrogens with zero attached hydrogens (tertiary/aromatic N) is 5. The van der Waals surface area contributed by atoms with Gasteiger partial charge in [0, 0.05) is 45.0 Å². The van der Waals surface area contributed by atoms with E-state index in [2.05, 4.69) is 26.9 Å². The number of hydrazone groups is 1. The second-order valence-electron chi connectivity index (χ2n) is 4.88. The van der Waals surface area contributed by atoms with Crippen LogP contribution in [0, 0.1) is 0 Å². The number of nitrogens with two attached hydrogens (primary N) is 2. The third-order valence-corrected chi connectivity index (χ3v) is 3.46. The maximum Gasteiger partial charge on any atom is 0.153 e. The summed E-state index contributed by atoms with van der Waals surface area (Å²) in [5.41, 5.74) is 6.48. The molecule has 1 aromatic heterocycles. The highest BCUT2D eigenvalue weighted by Gasteiger charge is 2.18. The van der Waals surface area contributed by atoms with Crippen LogP contribution in [-0.4, -0.2) is 61.1 Å². The highest BCUT2D eigenvalue weighted by Crippen LogP contribution is 2.24. The van der Waals surface area contributed by atoms with Gasteiger partial charge in [0.15, 0.2) is 5.84 Å². The Morgan fingerprint density at radius 3 is 2.60 bits per heavy atom. The van der Waals surface area contributed by atoms with E-state index in [1.165, 1.54) is 0 Å². The maximum absolute atomic E-state index is 6.31. The quantitative estimate of drug-likeness (QED) is 0.351. The Kier molecular flexibility index (Phi) is 4.64. The summed E-state index contributed by atoms with van der Waals surface area (Å²) >= 11 is 6.31. The fraction of sp³-hybridized carbons (Fsp3) is 0.500. The van der Waals surface area contributed by atoms with Crippen LogP contribution >= 0.6 is 11.6 Å².